The molecule has 31 heavy (non-hydrogen) atoms. The van der Waals surface area contributed by atoms with Gasteiger partial charge in [-0.15, -0.1) is 0 Å². The topological polar surface area (TPSA) is 106 Å². The number of nitrogens with one attached hydrogen (secondary N) is 2. The van der Waals surface area contributed by atoms with Gasteiger partial charge in [0.1, 0.15) is 0 Å². The molecule has 0 saturated heterocycles. The van der Waals surface area contributed by atoms with Crippen LogP contribution in [-0.2, 0) is 22.6 Å². The zero-order valence-corrected chi connectivity index (χ0v) is 18.5. The van der Waals surface area contributed by atoms with E-state index >= 15 is 0 Å². The fraction of sp³-hybridized carbons (Fsp3) is 0.348. The lowest BCUT2D eigenvalue weighted by molar-refractivity contribution is -0.129. The van der Waals surface area contributed by atoms with Crippen LogP contribution in [0.5, 0.6) is 0 Å². The Bertz CT molecular complexity index is 1030. The molecule has 1 amide bonds. The molecule has 2 aromatic carbocycles. The van der Waals surface area contributed by atoms with Gasteiger partial charge in [-0.3, -0.25) is 14.6 Å². The number of hydroxylamine groups is 1. The van der Waals surface area contributed by atoms with Gasteiger partial charge in [-0.05, 0) is 54.7 Å². The second-order valence-electron chi connectivity index (χ2n) is 7.74. The van der Waals surface area contributed by atoms with Crippen LogP contribution < -0.4 is 5.48 Å². The number of nitrogens with zero attached hydrogens (tertiary/aromatic N) is 1. The van der Waals surface area contributed by atoms with Crippen LogP contribution in [0.15, 0.2) is 48.5 Å². The van der Waals surface area contributed by atoms with Crippen molar-refractivity contribution < 1.29 is 18.8 Å². The Morgan fingerprint density at radius 2 is 1.74 bits per heavy atom. The van der Waals surface area contributed by atoms with Crippen LogP contribution in [0, 0.1) is 6.92 Å². The van der Waals surface area contributed by atoms with E-state index in [1.54, 1.807) is 5.48 Å². The minimum absolute atomic E-state index is 0.287. The summed E-state index contributed by atoms with van der Waals surface area (Å²) in [5.41, 5.74) is 7.09. The van der Waals surface area contributed by atoms with Gasteiger partial charge in [0.15, 0.2) is 0 Å². The fourth-order valence-corrected chi connectivity index (χ4v) is 4.20. The number of aromatic amines is 1. The number of carbonyl (C=O) groups excluding carboxylic acids is 1. The molecular weight excluding hydrogens is 414 g/mol. The monoisotopic (exact) mass is 443 g/mol. The third kappa shape index (κ3) is 6.73. The number of amides is 1. The average Bonchev–Trinajstić information content (AvgIpc) is 3.14. The van der Waals surface area contributed by atoms with Crippen molar-refractivity contribution in [1.82, 2.24) is 14.8 Å². The molecule has 1 unspecified atom stereocenters. The van der Waals surface area contributed by atoms with Crippen molar-refractivity contribution in [1.29, 1.82) is 0 Å². The van der Waals surface area contributed by atoms with Gasteiger partial charge in [0, 0.05) is 36.1 Å². The molecule has 0 radical (unpaired) electrons. The summed E-state index contributed by atoms with van der Waals surface area (Å²) in [4.78, 5) is 14.3. The number of hydrogen-bond donors (Lipinski definition) is 4. The number of hydrogen-bond acceptors (Lipinski definition) is 3. The largest absolute Gasteiger partial charge is 0.359 e. The highest BCUT2D eigenvalue weighted by molar-refractivity contribution is 7.76. The molecule has 0 aliphatic heterocycles. The molecule has 0 aliphatic rings. The second kappa shape index (κ2) is 11.2. The van der Waals surface area contributed by atoms with E-state index < -0.39 is 11.3 Å². The highest BCUT2D eigenvalue weighted by Crippen LogP contribution is 2.25. The minimum Gasteiger partial charge on any atom is -0.359 e. The van der Waals surface area contributed by atoms with E-state index in [-0.39, 0.29) is 12.3 Å². The number of rotatable bonds is 11. The molecule has 7 nitrogen and oxygen atoms in total. The molecule has 0 aliphatic carbocycles. The molecule has 8 heteroatoms. The first-order valence-electron chi connectivity index (χ1n) is 10.4. The standard InChI is InChI=1S/C23H29N3O4S/c1-17-14-21-15-20(11-12-22(21)24-17)19-9-7-18(8-10-19)16-26(31(29)30)13-5-3-2-4-6-23(27)25-28/h7-12,14-15,24,28H,2-6,13,16H2,1H3,(H,25,27)(H,29,30). The van der Waals surface area contributed by atoms with Crippen LogP contribution in [0.4, 0.5) is 0 Å². The summed E-state index contributed by atoms with van der Waals surface area (Å²) in [6.07, 6.45) is 3.42. The molecule has 0 spiro atoms. The van der Waals surface area contributed by atoms with Crippen LogP contribution in [0.2, 0.25) is 0 Å². The lowest BCUT2D eigenvalue weighted by atomic mass is 10.0. The van der Waals surface area contributed by atoms with E-state index in [1.807, 2.05) is 31.2 Å². The maximum absolute atomic E-state index is 11.7. The highest BCUT2D eigenvalue weighted by atomic mass is 32.2. The van der Waals surface area contributed by atoms with E-state index in [0.717, 1.165) is 47.2 Å². The quantitative estimate of drug-likeness (QED) is 0.151. The van der Waals surface area contributed by atoms with E-state index in [4.69, 9.17) is 5.21 Å². The number of unbranched alkanes of at least 4 members (excludes halogenated alkanes) is 3. The SMILES string of the molecule is Cc1cc2cc(-c3ccc(CN(CCCCCCC(=O)NO)S(=O)O)cc3)ccc2[nH]1. The molecule has 0 fully saturated rings. The van der Waals surface area contributed by atoms with Crippen LogP contribution in [0.25, 0.3) is 22.0 Å². The zero-order chi connectivity index (χ0) is 22.2. The molecule has 1 heterocycles. The van der Waals surface area contributed by atoms with Crippen LogP contribution in [-0.4, -0.2) is 35.7 Å². The van der Waals surface area contributed by atoms with Crippen molar-refractivity contribution in [2.24, 2.45) is 0 Å². The molecule has 1 atom stereocenters. The fourth-order valence-electron chi connectivity index (χ4n) is 3.66. The first kappa shape index (κ1) is 23.1. The lowest BCUT2D eigenvalue weighted by Gasteiger charge is -2.18. The minimum atomic E-state index is -2.04. The maximum atomic E-state index is 11.7. The van der Waals surface area contributed by atoms with Crippen LogP contribution in [0.1, 0.15) is 43.4 Å². The van der Waals surface area contributed by atoms with Gasteiger partial charge >= 0.3 is 0 Å². The molecule has 1 aromatic heterocycles. The van der Waals surface area contributed by atoms with Gasteiger partial charge in [-0.25, -0.2) is 9.69 Å². The summed E-state index contributed by atoms with van der Waals surface area (Å²) < 4.78 is 22.9. The summed E-state index contributed by atoms with van der Waals surface area (Å²) in [5.74, 6) is -0.385. The molecule has 3 rings (SSSR count). The average molecular weight is 444 g/mol. The van der Waals surface area contributed by atoms with Gasteiger partial charge < -0.3 is 4.98 Å². The van der Waals surface area contributed by atoms with Gasteiger partial charge in [-0.1, -0.05) is 43.2 Å². The number of fused-ring (bicyclic) bond motifs is 1. The normalized spacial score (nSPS) is 12.4. The van der Waals surface area contributed by atoms with Gasteiger partial charge in [0.05, 0.1) is 0 Å². The van der Waals surface area contributed by atoms with Crippen molar-refractivity contribution in [3.05, 3.63) is 59.8 Å². The van der Waals surface area contributed by atoms with Crippen molar-refractivity contribution in [2.45, 2.75) is 45.6 Å². The molecule has 3 aromatic rings. The predicted octanol–water partition coefficient (Wildman–Crippen LogP) is 4.54. The second-order valence-corrected chi connectivity index (χ2v) is 8.72. The van der Waals surface area contributed by atoms with Crippen LogP contribution in [0.3, 0.4) is 0 Å². The first-order chi connectivity index (χ1) is 15.0. The van der Waals surface area contributed by atoms with Gasteiger partial charge in [0.25, 0.3) is 0 Å². The lowest BCUT2D eigenvalue weighted by Crippen LogP contribution is -2.26. The highest BCUT2D eigenvalue weighted by Gasteiger charge is 2.12. The zero-order valence-electron chi connectivity index (χ0n) is 17.6. The molecule has 0 bridgehead atoms. The smallest absolute Gasteiger partial charge is 0.243 e. The number of carbonyl (C=O) groups is 1. The van der Waals surface area contributed by atoms with E-state index in [9.17, 15) is 13.6 Å². The van der Waals surface area contributed by atoms with E-state index in [0.29, 0.717) is 19.5 Å². The van der Waals surface area contributed by atoms with E-state index in [2.05, 4.69) is 29.2 Å². The Kier molecular flexibility index (Phi) is 8.36. The maximum Gasteiger partial charge on any atom is 0.243 e. The number of aryl methyl sites for hydroxylation is 1. The summed E-state index contributed by atoms with van der Waals surface area (Å²) in [7, 11) is 0. The Balaban J connectivity index is 1.53. The Hall–Kier alpha value is -2.52. The Morgan fingerprint density at radius 1 is 1.03 bits per heavy atom. The van der Waals surface area contributed by atoms with Crippen LogP contribution >= 0.6 is 0 Å². The van der Waals surface area contributed by atoms with E-state index in [1.165, 1.54) is 9.69 Å². The van der Waals surface area contributed by atoms with Crippen molar-refractivity contribution in [3.63, 3.8) is 0 Å². The third-order valence-electron chi connectivity index (χ3n) is 5.31. The van der Waals surface area contributed by atoms with Crippen molar-refractivity contribution in [3.8, 4) is 11.1 Å². The van der Waals surface area contributed by atoms with Gasteiger partial charge in [-0.2, -0.15) is 4.31 Å². The third-order valence-corrected chi connectivity index (χ3v) is 6.06. The summed E-state index contributed by atoms with van der Waals surface area (Å²) in [6.45, 7) is 2.94. The summed E-state index contributed by atoms with van der Waals surface area (Å²) in [5, 5.41) is 9.65. The summed E-state index contributed by atoms with van der Waals surface area (Å²) >= 11 is -2.04. The summed E-state index contributed by atoms with van der Waals surface area (Å²) in [6, 6.07) is 16.5. The molecule has 4 N–H and O–H groups in total. The first-order valence-corrected chi connectivity index (χ1v) is 11.5. The van der Waals surface area contributed by atoms with Gasteiger partial charge in [0.2, 0.25) is 17.2 Å². The molecule has 166 valence electrons. The predicted molar refractivity (Wildman–Crippen MR) is 123 cm³/mol. The number of benzene rings is 2. The Labute approximate surface area is 184 Å². The number of aromatic nitrogens is 1. The molecular formula is C23H29N3O4S. The number of H-pyrrole nitrogens is 1. The van der Waals surface area contributed by atoms with Crippen molar-refractivity contribution >= 4 is 28.1 Å². The molecule has 0 saturated carbocycles. The van der Waals surface area contributed by atoms with Crippen molar-refractivity contribution in [2.75, 3.05) is 6.54 Å². The Morgan fingerprint density at radius 3 is 2.45 bits per heavy atom.